The Hall–Kier alpha value is -4.69. The summed E-state index contributed by atoms with van der Waals surface area (Å²) in [5.41, 5.74) is 5.45. The molecule has 1 N–H and O–H groups in total. The third-order valence-electron chi connectivity index (χ3n) is 7.19. The van der Waals surface area contributed by atoms with Gasteiger partial charge in [-0.1, -0.05) is 63.2 Å². The molecular weight excluding hydrogens is 560 g/mol. The second-order valence-corrected chi connectivity index (χ2v) is 11.2. The minimum atomic E-state index is -0.470. The lowest BCUT2D eigenvalue weighted by Gasteiger charge is -2.14. The second kappa shape index (κ2) is 13.1. The predicted octanol–water partition coefficient (Wildman–Crippen LogP) is 8.59. The first kappa shape index (κ1) is 29.8. The van der Waals surface area contributed by atoms with E-state index in [0.717, 1.165) is 11.1 Å². The number of hydrogen-bond acceptors (Lipinski definition) is 7. The van der Waals surface area contributed by atoms with Gasteiger partial charge in [0.1, 0.15) is 22.1 Å². The summed E-state index contributed by atoms with van der Waals surface area (Å²) in [5, 5.41) is 6.02. The lowest BCUT2D eigenvalue weighted by Crippen LogP contribution is -2.16. The van der Waals surface area contributed by atoms with E-state index in [-0.39, 0.29) is 12.5 Å². The summed E-state index contributed by atoms with van der Waals surface area (Å²) in [6, 6.07) is 22.8. The Balaban J connectivity index is 1.58. The van der Waals surface area contributed by atoms with Crippen molar-refractivity contribution in [1.82, 2.24) is 4.98 Å². The van der Waals surface area contributed by atoms with E-state index in [4.69, 9.17) is 19.2 Å². The molecule has 0 spiro atoms. The standard InChI is InChI=1S/C35H34N2O5S/c1-6-17-42-35(39)32-28(23-13-11-22(12-14-23)21(2)3)20-43-34(32)37-33(38)26-19-30(36-29-10-8-7-9-25(26)29)27-18-24(40-4)15-16-31(27)41-5/h7-16,18-21H,6,17H2,1-5H3,(H,37,38). The summed E-state index contributed by atoms with van der Waals surface area (Å²) < 4.78 is 16.6. The number of esters is 1. The summed E-state index contributed by atoms with van der Waals surface area (Å²) in [6.07, 6.45) is 0.690. The van der Waals surface area contributed by atoms with Crippen molar-refractivity contribution in [3.63, 3.8) is 0 Å². The molecule has 0 aliphatic heterocycles. The molecule has 0 unspecified atom stereocenters. The van der Waals surface area contributed by atoms with E-state index >= 15 is 0 Å². The molecule has 5 rings (SSSR count). The van der Waals surface area contributed by atoms with Gasteiger partial charge in [0.2, 0.25) is 0 Å². The number of thiophene rings is 1. The molecule has 5 aromatic rings. The smallest absolute Gasteiger partial charge is 0.341 e. The van der Waals surface area contributed by atoms with E-state index in [0.29, 0.717) is 62.1 Å². The van der Waals surface area contributed by atoms with Crippen molar-refractivity contribution in [1.29, 1.82) is 0 Å². The Labute approximate surface area is 255 Å². The molecule has 0 fully saturated rings. The maximum absolute atomic E-state index is 14.0. The minimum absolute atomic E-state index is 0.286. The number of amides is 1. The van der Waals surface area contributed by atoms with Gasteiger partial charge >= 0.3 is 5.97 Å². The van der Waals surface area contributed by atoms with E-state index in [1.807, 2.05) is 54.8 Å². The Morgan fingerprint density at radius 1 is 0.930 bits per heavy atom. The van der Waals surface area contributed by atoms with Gasteiger partial charge in [-0.2, -0.15) is 0 Å². The fourth-order valence-corrected chi connectivity index (χ4v) is 5.82. The molecule has 0 aliphatic rings. The number of anilines is 1. The third-order valence-corrected chi connectivity index (χ3v) is 8.09. The van der Waals surface area contributed by atoms with Gasteiger partial charge in [-0.3, -0.25) is 4.79 Å². The van der Waals surface area contributed by atoms with Crippen molar-refractivity contribution >= 4 is 39.1 Å². The number of carbonyl (C=O) groups is 2. The Morgan fingerprint density at radius 3 is 2.40 bits per heavy atom. The van der Waals surface area contributed by atoms with Gasteiger partial charge in [0.15, 0.2) is 0 Å². The van der Waals surface area contributed by atoms with Gasteiger partial charge in [-0.25, -0.2) is 9.78 Å². The molecule has 0 aliphatic carbocycles. The van der Waals surface area contributed by atoms with E-state index in [1.165, 1.54) is 16.9 Å². The van der Waals surface area contributed by atoms with Gasteiger partial charge < -0.3 is 19.5 Å². The molecule has 43 heavy (non-hydrogen) atoms. The van der Waals surface area contributed by atoms with Crippen LogP contribution in [-0.2, 0) is 4.74 Å². The zero-order valence-electron chi connectivity index (χ0n) is 24.9. The van der Waals surface area contributed by atoms with Crippen LogP contribution in [0.15, 0.2) is 78.2 Å². The molecule has 1 amide bonds. The SMILES string of the molecule is CCCOC(=O)c1c(-c2ccc(C(C)C)cc2)csc1NC(=O)c1cc(-c2cc(OC)ccc2OC)nc2ccccc12. The zero-order valence-corrected chi connectivity index (χ0v) is 25.7. The monoisotopic (exact) mass is 594 g/mol. The number of para-hydroxylation sites is 1. The normalized spacial score (nSPS) is 11.0. The molecule has 8 heteroatoms. The number of nitrogens with zero attached hydrogens (tertiary/aromatic N) is 1. The Bertz CT molecular complexity index is 1780. The summed E-state index contributed by atoms with van der Waals surface area (Å²) >= 11 is 1.30. The predicted molar refractivity (Wildman–Crippen MR) is 173 cm³/mol. The van der Waals surface area contributed by atoms with Crippen LogP contribution in [0, 0.1) is 0 Å². The topological polar surface area (TPSA) is 86.8 Å². The molecule has 7 nitrogen and oxygen atoms in total. The maximum Gasteiger partial charge on any atom is 0.341 e. The number of pyridine rings is 1. The number of hydrogen-bond donors (Lipinski definition) is 1. The van der Waals surface area contributed by atoms with Crippen molar-refractivity contribution in [3.8, 4) is 33.9 Å². The number of aromatic nitrogens is 1. The minimum Gasteiger partial charge on any atom is -0.497 e. The molecule has 3 aromatic carbocycles. The van der Waals surface area contributed by atoms with Gasteiger partial charge in [0.05, 0.1) is 37.6 Å². The van der Waals surface area contributed by atoms with Crippen LogP contribution in [0.5, 0.6) is 11.5 Å². The van der Waals surface area contributed by atoms with Gasteiger partial charge in [0, 0.05) is 21.9 Å². The van der Waals surface area contributed by atoms with Crippen LogP contribution in [0.1, 0.15) is 59.4 Å². The van der Waals surface area contributed by atoms with Gasteiger partial charge in [0.25, 0.3) is 5.91 Å². The van der Waals surface area contributed by atoms with Crippen molar-refractivity contribution in [2.45, 2.75) is 33.1 Å². The highest BCUT2D eigenvalue weighted by Crippen LogP contribution is 2.38. The van der Waals surface area contributed by atoms with Crippen molar-refractivity contribution < 1.29 is 23.8 Å². The molecule has 2 heterocycles. The third kappa shape index (κ3) is 6.24. The molecule has 0 saturated carbocycles. The average Bonchev–Trinajstić information content (AvgIpc) is 3.46. The lowest BCUT2D eigenvalue weighted by atomic mass is 9.98. The highest BCUT2D eigenvalue weighted by Gasteiger charge is 2.25. The molecule has 0 saturated heterocycles. The van der Waals surface area contributed by atoms with Crippen LogP contribution in [0.25, 0.3) is 33.3 Å². The maximum atomic E-state index is 14.0. The number of methoxy groups -OCH3 is 2. The van der Waals surface area contributed by atoms with Crippen LogP contribution in [0.4, 0.5) is 5.00 Å². The number of nitrogens with one attached hydrogen (secondary N) is 1. The summed E-state index contributed by atoms with van der Waals surface area (Å²) in [4.78, 5) is 32.2. The zero-order chi connectivity index (χ0) is 30.5. The first-order valence-electron chi connectivity index (χ1n) is 14.2. The number of ether oxygens (including phenoxy) is 3. The van der Waals surface area contributed by atoms with E-state index in [9.17, 15) is 9.59 Å². The molecule has 220 valence electrons. The van der Waals surface area contributed by atoms with Crippen molar-refractivity contribution in [2.24, 2.45) is 0 Å². The van der Waals surface area contributed by atoms with E-state index < -0.39 is 5.97 Å². The molecule has 0 atom stereocenters. The number of fused-ring (bicyclic) bond motifs is 1. The van der Waals surface area contributed by atoms with Gasteiger partial charge in [-0.05, 0) is 53.8 Å². The fourth-order valence-electron chi connectivity index (χ4n) is 4.87. The first-order valence-corrected chi connectivity index (χ1v) is 15.0. The first-order chi connectivity index (χ1) is 20.8. The second-order valence-electron chi connectivity index (χ2n) is 10.4. The highest BCUT2D eigenvalue weighted by atomic mass is 32.1. The molecule has 0 radical (unpaired) electrons. The summed E-state index contributed by atoms with van der Waals surface area (Å²) in [7, 11) is 3.18. The van der Waals surface area contributed by atoms with E-state index in [1.54, 1.807) is 32.4 Å². The Kier molecular flexibility index (Phi) is 9.07. The van der Waals surface area contributed by atoms with Crippen molar-refractivity contribution in [2.75, 3.05) is 26.1 Å². The molecular formula is C35H34N2O5S. The number of rotatable bonds is 10. The summed E-state index contributed by atoms with van der Waals surface area (Å²) in [6.45, 7) is 6.51. The lowest BCUT2D eigenvalue weighted by molar-refractivity contribution is 0.0507. The largest absolute Gasteiger partial charge is 0.497 e. The number of benzene rings is 3. The average molecular weight is 595 g/mol. The van der Waals surface area contributed by atoms with Crippen LogP contribution >= 0.6 is 11.3 Å². The quantitative estimate of drug-likeness (QED) is 0.163. The van der Waals surface area contributed by atoms with Crippen LogP contribution in [0.3, 0.4) is 0 Å². The number of carbonyl (C=O) groups excluding carboxylic acids is 2. The van der Waals surface area contributed by atoms with E-state index in [2.05, 4.69) is 31.3 Å². The Morgan fingerprint density at radius 2 is 1.70 bits per heavy atom. The fraction of sp³-hybridized carbons (Fsp3) is 0.229. The molecule has 2 aromatic heterocycles. The highest BCUT2D eigenvalue weighted by molar-refractivity contribution is 7.15. The van der Waals surface area contributed by atoms with Crippen LogP contribution in [-0.4, -0.2) is 37.7 Å². The summed E-state index contributed by atoms with van der Waals surface area (Å²) in [5.74, 6) is 0.789. The van der Waals surface area contributed by atoms with Gasteiger partial charge in [-0.15, -0.1) is 11.3 Å². The van der Waals surface area contributed by atoms with Crippen LogP contribution < -0.4 is 14.8 Å². The molecule has 0 bridgehead atoms. The van der Waals surface area contributed by atoms with Crippen LogP contribution in [0.2, 0.25) is 0 Å². The van der Waals surface area contributed by atoms with Crippen molar-refractivity contribution in [3.05, 3.63) is 94.9 Å².